The van der Waals surface area contributed by atoms with Crippen LogP contribution in [-0.4, -0.2) is 46.2 Å². The van der Waals surface area contributed by atoms with Gasteiger partial charge in [0.1, 0.15) is 17.1 Å². The van der Waals surface area contributed by atoms with Gasteiger partial charge in [-0.1, -0.05) is 29.8 Å². The number of aromatic nitrogens is 2. The maximum Gasteiger partial charge on any atom is 0.263 e. The molecule has 0 fully saturated rings. The third-order valence-corrected chi connectivity index (χ3v) is 5.68. The summed E-state index contributed by atoms with van der Waals surface area (Å²) in [6, 6.07) is 12.9. The Hall–Kier alpha value is -3.32. The second-order valence-electron chi connectivity index (χ2n) is 7.34. The van der Waals surface area contributed by atoms with Crippen LogP contribution in [0.2, 0.25) is 5.02 Å². The van der Waals surface area contributed by atoms with Crippen molar-refractivity contribution in [1.82, 2.24) is 14.7 Å². The second-order valence-corrected chi connectivity index (χ2v) is 7.72. The maximum atomic E-state index is 13.0. The summed E-state index contributed by atoms with van der Waals surface area (Å²) in [5.74, 6) is 0.264. The lowest BCUT2D eigenvalue weighted by Crippen LogP contribution is -2.31. The number of nitrogens with one attached hydrogen (secondary N) is 1. The Balaban J connectivity index is 1.85. The number of benzene rings is 2. The van der Waals surface area contributed by atoms with Gasteiger partial charge in [0.2, 0.25) is 0 Å². The van der Waals surface area contributed by atoms with Gasteiger partial charge in [0, 0.05) is 18.1 Å². The number of aryl methyl sites for hydroxylation is 2. The number of rotatable bonds is 8. The molecule has 1 heterocycles. The summed E-state index contributed by atoms with van der Waals surface area (Å²) in [6.07, 6.45) is 1.48. The Labute approximate surface area is 192 Å². The number of anilines is 1. The van der Waals surface area contributed by atoms with E-state index in [1.54, 1.807) is 21.7 Å². The molecule has 0 radical (unpaired) electrons. The van der Waals surface area contributed by atoms with Gasteiger partial charge in [0.25, 0.3) is 11.8 Å². The summed E-state index contributed by atoms with van der Waals surface area (Å²) >= 11 is 6.20. The number of amides is 2. The van der Waals surface area contributed by atoms with Crippen molar-refractivity contribution in [3.63, 3.8) is 0 Å². The van der Waals surface area contributed by atoms with E-state index in [9.17, 15) is 9.59 Å². The predicted octanol–water partition coefficient (Wildman–Crippen LogP) is 4.64. The van der Waals surface area contributed by atoms with Crippen molar-refractivity contribution in [2.24, 2.45) is 0 Å². The number of carbonyl (C=O) groups excluding carboxylic acids is 2. The molecule has 2 amide bonds. The van der Waals surface area contributed by atoms with Crippen LogP contribution in [0, 0.1) is 13.8 Å². The highest BCUT2D eigenvalue weighted by Gasteiger charge is 2.23. The molecule has 32 heavy (non-hydrogen) atoms. The lowest BCUT2D eigenvalue weighted by molar-refractivity contribution is -0.118. The Morgan fingerprint density at radius 3 is 2.31 bits per heavy atom. The van der Waals surface area contributed by atoms with Crippen molar-refractivity contribution in [2.45, 2.75) is 27.7 Å². The fraction of sp³-hybridized carbons (Fsp3) is 0.292. The van der Waals surface area contributed by atoms with E-state index in [1.807, 2.05) is 58.0 Å². The highest BCUT2D eigenvalue weighted by atomic mass is 35.5. The normalized spacial score (nSPS) is 10.7. The smallest absolute Gasteiger partial charge is 0.263 e. The molecule has 0 unspecified atom stereocenters. The molecule has 0 saturated carbocycles. The lowest BCUT2D eigenvalue weighted by Gasteiger charge is -2.19. The van der Waals surface area contributed by atoms with Crippen molar-refractivity contribution >= 4 is 29.2 Å². The van der Waals surface area contributed by atoms with Crippen molar-refractivity contribution in [3.8, 4) is 11.4 Å². The van der Waals surface area contributed by atoms with E-state index in [1.165, 1.54) is 6.20 Å². The van der Waals surface area contributed by atoms with Gasteiger partial charge >= 0.3 is 0 Å². The molecular formula is C24H27ClN4O3. The average molecular weight is 455 g/mol. The zero-order valence-electron chi connectivity index (χ0n) is 18.7. The lowest BCUT2D eigenvalue weighted by atomic mass is 10.1. The molecule has 8 heteroatoms. The Bertz CT molecular complexity index is 1080. The fourth-order valence-corrected chi connectivity index (χ4v) is 3.49. The van der Waals surface area contributed by atoms with Crippen molar-refractivity contribution in [2.75, 3.05) is 25.0 Å². The van der Waals surface area contributed by atoms with Crippen LogP contribution in [-0.2, 0) is 4.79 Å². The molecule has 7 nitrogen and oxygen atoms in total. The van der Waals surface area contributed by atoms with Crippen LogP contribution in [0.4, 0.5) is 5.82 Å². The summed E-state index contributed by atoms with van der Waals surface area (Å²) in [5, 5.41) is 7.85. The molecule has 2 aromatic carbocycles. The van der Waals surface area contributed by atoms with E-state index in [4.69, 9.17) is 16.3 Å². The van der Waals surface area contributed by atoms with Crippen molar-refractivity contribution in [3.05, 3.63) is 70.4 Å². The maximum absolute atomic E-state index is 13.0. The number of ether oxygens (including phenoxy) is 1. The largest absolute Gasteiger partial charge is 0.484 e. The van der Waals surface area contributed by atoms with E-state index < -0.39 is 5.91 Å². The highest BCUT2D eigenvalue weighted by Crippen LogP contribution is 2.26. The van der Waals surface area contributed by atoms with Crippen molar-refractivity contribution < 1.29 is 14.3 Å². The average Bonchev–Trinajstić information content (AvgIpc) is 3.20. The fourth-order valence-electron chi connectivity index (χ4n) is 3.38. The van der Waals surface area contributed by atoms with Gasteiger partial charge in [0.15, 0.2) is 6.61 Å². The minimum absolute atomic E-state index is 0.197. The zero-order valence-corrected chi connectivity index (χ0v) is 19.4. The van der Waals surface area contributed by atoms with E-state index in [0.29, 0.717) is 35.2 Å². The van der Waals surface area contributed by atoms with E-state index in [2.05, 4.69) is 10.4 Å². The number of carbonyl (C=O) groups is 2. The standard InChI is InChI=1S/C24H27ClN4O3/c1-5-28(6-2)24(31)20-14-26-29(18-10-8-7-9-11-18)23(20)27-21(30)15-32-19-12-16(3)22(25)17(4)13-19/h7-14H,5-6,15H2,1-4H3,(H,27,30). The topological polar surface area (TPSA) is 76.5 Å². The minimum atomic E-state index is -0.401. The third-order valence-electron chi connectivity index (χ3n) is 5.09. The Morgan fingerprint density at radius 2 is 1.72 bits per heavy atom. The number of para-hydroxylation sites is 1. The Kier molecular flexibility index (Phi) is 7.53. The first-order valence-electron chi connectivity index (χ1n) is 10.5. The van der Waals surface area contributed by atoms with Gasteiger partial charge in [-0.05, 0) is 63.1 Å². The van der Waals surface area contributed by atoms with Crippen LogP contribution in [0.25, 0.3) is 5.69 Å². The monoisotopic (exact) mass is 454 g/mol. The van der Waals surface area contributed by atoms with Gasteiger partial charge in [-0.25, -0.2) is 4.68 Å². The van der Waals surface area contributed by atoms with Crippen LogP contribution in [0.1, 0.15) is 35.3 Å². The minimum Gasteiger partial charge on any atom is -0.484 e. The first-order chi connectivity index (χ1) is 15.3. The van der Waals surface area contributed by atoms with Crippen LogP contribution in [0.5, 0.6) is 5.75 Å². The van der Waals surface area contributed by atoms with Gasteiger partial charge < -0.3 is 15.0 Å². The van der Waals surface area contributed by atoms with Crippen LogP contribution in [0.15, 0.2) is 48.7 Å². The number of halogens is 1. The SMILES string of the molecule is CCN(CC)C(=O)c1cnn(-c2ccccc2)c1NC(=O)COc1cc(C)c(Cl)c(C)c1. The Morgan fingerprint density at radius 1 is 1.09 bits per heavy atom. The molecule has 1 aromatic heterocycles. The molecular weight excluding hydrogens is 428 g/mol. The summed E-state index contributed by atoms with van der Waals surface area (Å²) in [7, 11) is 0. The quantitative estimate of drug-likeness (QED) is 0.537. The van der Waals surface area contributed by atoms with E-state index in [0.717, 1.165) is 16.8 Å². The summed E-state index contributed by atoms with van der Waals surface area (Å²) < 4.78 is 7.22. The van der Waals surface area contributed by atoms with Crippen LogP contribution < -0.4 is 10.1 Å². The van der Waals surface area contributed by atoms with Gasteiger partial charge in [-0.2, -0.15) is 5.10 Å². The first kappa shape index (κ1) is 23.3. The van der Waals surface area contributed by atoms with E-state index >= 15 is 0 Å². The molecule has 0 aliphatic carbocycles. The van der Waals surface area contributed by atoms with Gasteiger partial charge in [-0.15, -0.1) is 0 Å². The van der Waals surface area contributed by atoms with Crippen molar-refractivity contribution in [1.29, 1.82) is 0 Å². The summed E-state index contributed by atoms with van der Waals surface area (Å²) in [6.45, 7) is 8.46. The van der Waals surface area contributed by atoms with Gasteiger partial charge in [-0.3, -0.25) is 9.59 Å². The number of hydrogen-bond donors (Lipinski definition) is 1. The highest BCUT2D eigenvalue weighted by molar-refractivity contribution is 6.32. The molecule has 3 rings (SSSR count). The molecule has 0 saturated heterocycles. The number of nitrogens with zero attached hydrogens (tertiary/aromatic N) is 3. The predicted molar refractivity (Wildman–Crippen MR) is 126 cm³/mol. The molecule has 0 aliphatic rings. The van der Waals surface area contributed by atoms with Gasteiger partial charge in [0.05, 0.1) is 11.9 Å². The third kappa shape index (κ3) is 5.11. The molecule has 0 spiro atoms. The molecule has 0 aliphatic heterocycles. The molecule has 168 valence electrons. The summed E-state index contributed by atoms with van der Waals surface area (Å²) in [5.41, 5.74) is 2.79. The molecule has 1 N–H and O–H groups in total. The number of hydrogen-bond acceptors (Lipinski definition) is 4. The second kappa shape index (κ2) is 10.3. The van der Waals surface area contributed by atoms with E-state index in [-0.39, 0.29) is 12.5 Å². The molecule has 0 atom stereocenters. The first-order valence-corrected chi connectivity index (χ1v) is 10.9. The van der Waals surface area contributed by atoms with Crippen LogP contribution >= 0.6 is 11.6 Å². The molecule has 0 bridgehead atoms. The summed E-state index contributed by atoms with van der Waals surface area (Å²) in [4.78, 5) is 27.5. The van der Waals surface area contributed by atoms with Crippen LogP contribution in [0.3, 0.4) is 0 Å². The molecule has 3 aromatic rings. The zero-order chi connectivity index (χ0) is 23.3.